The van der Waals surface area contributed by atoms with Gasteiger partial charge >= 0.3 is 5.97 Å². The molecule has 1 amide bonds. The topological polar surface area (TPSA) is 68.3 Å². The highest BCUT2D eigenvalue weighted by Crippen LogP contribution is 2.30. The largest absolute Gasteiger partial charge is 0.449 e. The number of rotatable bonds is 4. The Morgan fingerprint density at radius 1 is 0.906 bits per heavy atom. The van der Waals surface area contributed by atoms with Gasteiger partial charge in [-0.05, 0) is 55.7 Å². The number of nitrogens with zero attached hydrogens (tertiary/aromatic N) is 1. The lowest BCUT2D eigenvalue weighted by Gasteiger charge is -2.21. The summed E-state index contributed by atoms with van der Waals surface area (Å²) in [4.78, 5) is 30.9. The molecule has 0 spiro atoms. The fraction of sp³-hybridized carbons (Fsp3) is 0.222. The zero-order valence-electron chi connectivity index (χ0n) is 17.9. The van der Waals surface area contributed by atoms with Gasteiger partial charge in [0.25, 0.3) is 5.91 Å². The second-order valence-electron chi connectivity index (χ2n) is 8.20. The van der Waals surface area contributed by atoms with Crippen molar-refractivity contribution in [3.05, 3.63) is 83.6 Å². The Morgan fingerprint density at radius 2 is 1.62 bits per heavy atom. The van der Waals surface area contributed by atoms with Crippen molar-refractivity contribution in [3.63, 3.8) is 0 Å². The van der Waals surface area contributed by atoms with Gasteiger partial charge in [-0.1, -0.05) is 54.6 Å². The quantitative estimate of drug-likeness (QED) is 0.442. The van der Waals surface area contributed by atoms with Crippen molar-refractivity contribution in [3.8, 4) is 0 Å². The van der Waals surface area contributed by atoms with Gasteiger partial charge in [-0.25, -0.2) is 4.79 Å². The molecular formula is C27H24N2O3. The number of fused-ring (bicyclic) bond motifs is 3. The summed E-state index contributed by atoms with van der Waals surface area (Å²) in [6, 6.07) is 21.2. The number of amides is 1. The van der Waals surface area contributed by atoms with Gasteiger partial charge < -0.3 is 10.1 Å². The summed E-state index contributed by atoms with van der Waals surface area (Å²) in [6.07, 6.45) is 2.81. The summed E-state index contributed by atoms with van der Waals surface area (Å²) in [5, 5.41) is 5.66. The third-order valence-corrected chi connectivity index (χ3v) is 6.07. The molecule has 32 heavy (non-hydrogen) atoms. The van der Waals surface area contributed by atoms with E-state index >= 15 is 0 Å². The molecule has 1 aliphatic rings. The number of hydrogen-bond donors (Lipinski definition) is 1. The first kappa shape index (κ1) is 20.2. The first-order valence-electron chi connectivity index (χ1n) is 11.0. The van der Waals surface area contributed by atoms with Gasteiger partial charge in [0.2, 0.25) is 0 Å². The summed E-state index contributed by atoms with van der Waals surface area (Å²) < 4.78 is 5.68. The molecule has 3 aromatic carbocycles. The van der Waals surface area contributed by atoms with Crippen LogP contribution in [0.4, 0.5) is 5.69 Å². The third kappa shape index (κ3) is 3.71. The first-order chi connectivity index (χ1) is 15.6. The average molecular weight is 425 g/mol. The Morgan fingerprint density at radius 3 is 2.50 bits per heavy atom. The molecule has 5 nitrogen and oxygen atoms in total. The van der Waals surface area contributed by atoms with Gasteiger partial charge in [0.15, 0.2) is 6.10 Å². The highest BCUT2D eigenvalue weighted by Gasteiger charge is 2.26. The summed E-state index contributed by atoms with van der Waals surface area (Å²) in [5.41, 5.74) is 3.96. The molecule has 5 rings (SSSR count). The minimum atomic E-state index is -0.937. The molecule has 1 aromatic heterocycles. The van der Waals surface area contributed by atoms with Crippen LogP contribution in [0.5, 0.6) is 0 Å². The van der Waals surface area contributed by atoms with Gasteiger partial charge in [0.05, 0.1) is 11.1 Å². The van der Waals surface area contributed by atoms with E-state index in [4.69, 9.17) is 9.72 Å². The fourth-order valence-electron chi connectivity index (χ4n) is 4.45. The molecule has 0 saturated carbocycles. The molecule has 160 valence electrons. The molecule has 4 aromatic rings. The lowest BCUT2D eigenvalue weighted by molar-refractivity contribution is -0.123. The van der Waals surface area contributed by atoms with E-state index in [0.29, 0.717) is 11.3 Å². The van der Waals surface area contributed by atoms with Gasteiger partial charge in [-0.3, -0.25) is 9.78 Å². The number of aryl methyl sites for hydroxylation is 1. The molecule has 0 bridgehead atoms. The Balaban J connectivity index is 1.41. The van der Waals surface area contributed by atoms with Crippen molar-refractivity contribution in [2.45, 2.75) is 38.7 Å². The van der Waals surface area contributed by atoms with E-state index < -0.39 is 12.1 Å². The molecule has 1 heterocycles. The predicted octanol–water partition coefficient (Wildman–Crippen LogP) is 5.45. The minimum Gasteiger partial charge on any atom is -0.449 e. The number of nitrogens with one attached hydrogen (secondary N) is 1. The van der Waals surface area contributed by atoms with Crippen LogP contribution in [0.25, 0.3) is 21.7 Å². The van der Waals surface area contributed by atoms with Crippen LogP contribution >= 0.6 is 0 Å². The maximum absolute atomic E-state index is 13.3. The minimum absolute atomic E-state index is 0.359. The zero-order valence-corrected chi connectivity index (χ0v) is 17.9. The van der Waals surface area contributed by atoms with E-state index in [-0.39, 0.29) is 5.91 Å². The molecule has 5 heteroatoms. The number of hydrogen-bond acceptors (Lipinski definition) is 4. The smallest absolute Gasteiger partial charge is 0.339 e. The van der Waals surface area contributed by atoms with E-state index in [9.17, 15) is 9.59 Å². The fourth-order valence-corrected chi connectivity index (χ4v) is 4.45. The number of ether oxygens (including phenoxy) is 1. The maximum Gasteiger partial charge on any atom is 0.339 e. The van der Waals surface area contributed by atoms with Crippen molar-refractivity contribution < 1.29 is 14.3 Å². The third-order valence-electron chi connectivity index (χ3n) is 6.07. The van der Waals surface area contributed by atoms with Crippen molar-refractivity contribution in [2.24, 2.45) is 0 Å². The molecule has 0 saturated heterocycles. The summed E-state index contributed by atoms with van der Waals surface area (Å²) in [7, 11) is 0. The number of aromatic nitrogens is 1. The molecule has 1 aliphatic carbocycles. The van der Waals surface area contributed by atoms with E-state index in [1.165, 1.54) is 0 Å². The highest BCUT2D eigenvalue weighted by atomic mass is 16.5. The van der Waals surface area contributed by atoms with Gasteiger partial charge in [-0.15, -0.1) is 0 Å². The van der Waals surface area contributed by atoms with Crippen molar-refractivity contribution in [2.75, 3.05) is 5.32 Å². The van der Waals surface area contributed by atoms with Crippen LogP contribution in [-0.2, 0) is 22.4 Å². The SMILES string of the molecule is CC(OC(=O)c1c2c(nc3ccccc13)CCCC2)C(=O)Nc1cccc2ccccc12. The van der Waals surface area contributed by atoms with Crippen LogP contribution in [-0.4, -0.2) is 23.0 Å². The second-order valence-corrected chi connectivity index (χ2v) is 8.20. The Labute approximate surface area is 186 Å². The van der Waals surface area contributed by atoms with Crippen LogP contribution in [0.15, 0.2) is 66.7 Å². The molecule has 0 aliphatic heterocycles. The average Bonchev–Trinajstić information content (AvgIpc) is 2.82. The monoisotopic (exact) mass is 424 g/mol. The standard InChI is InChI=1S/C27H24N2O3/c1-17(26(30)29-22-16-8-10-18-9-2-3-11-19(18)22)32-27(31)25-20-12-4-6-14-23(20)28-24-15-7-5-13-21(24)25/h2-4,6,8-12,14,16-17H,5,7,13,15H2,1H3,(H,29,30). The number of benzene rings is 3. The Hall–Kier alpha value is -3.73. The number of pyridine rings is 1. The number of para-hydroxylation sites is 1. The summed E-state index contributed by atoms with van der Waals surface area (Å²) in [6.45, 7) is 1.61. The Bertz CT molecular complexity index is 1340. The normalized spacial score (nSPS) is 14.0. The van der Waals surface area contributed by atoms with E-state index in [1.807, 2.05) is 66.7 Å². The number of esters is 1. The van der Waals surface area contributed by atoms with E-state index in [1.54, 1.807) is 6.92 Å². The Kier molecular flexibility index (Phi) is 5.31. The van der Waals surface area contributed by atoms with Crippen LogP contribution in [0.3, 0.4) is 0 Å². The maximum atomic E-state index is 13.3. The highest BCUT2D eigenvalue weighted by molar-refractivity contribution is 6.07. The van der Waals surface area contributed by atoms with Gasteiger partial charge in [0, 0.05) is 22.2 Å². The molecule has 0 fully saturated rings. The number of carbonyl (C=O) groups is 2. The molecule has 1 unspecified atom stereocenters. The number of anilines is 1. The van der Waals surface area contributed by atoms with Crippen molar-refractivity contribution in [1.29, 1.82) is 0 Å². The predicted molar refractivity (Wildman–Crippen MR) is 126 cm³/mol. The van der Waals surface area contributed by atoms with Crippen LogP contribution < -0.4 is 5.32 Å². The molecule has 1 atom stereocenters. The second kappa shape index (κ2) is 8.42. The van der Waals surface area contributed by atoms with Gasteiger partial charge in [0.1, 0.15) is 0 Å². The van der Waals surface area contributed by atoms with E-state index in [2.05, 4.69) is 5.32 Å². The zero-order chi connectivity index (χ0) is 22.1. The summed E-state index contributed by atoms with van der Waals surface area (Å²) >= 11 is 0. The van der Waals surface area contributed by atoms with Crippen LogP contribution in [0, 0.1) is 0 Å². The first-order valence-corrected chi connectivity index (χ1v) is 11.0. The number of carbonyl (C=O) groups excluding carboxylic acids is 2. The van der Waals surface area contributed by atoms with Crippen LogP contribution in [0.2, 0.25) is 0 Å². The van der Waals surface area contributed by atoms with Crippen molar-refractivity contribution >= 4 is 39.2 Å². The van der Waals surface area contributed by atoms with E-state index in [0.717, 1.165) is 58.6 Å². The lowest BCUT2D eigenvalue weighted by Crippen LogP contribution is -2.30. The lowest BCUT2D eigenvalue weighted by atomic mass is 9.90. The molecular weight excluding hydrogens is 400 g/mol. The van der Waals surface area contributed by atoms with Crippen molar-refractivity contribution in [1.82, 2.24) is 4.98 Å². The van der Waals surface area contributed by atoms with Gasteiger partial charge in [-0.2, -0.15) is 0 Å². The summed E-state index contributed by atoms with van der Waals surface area (Å²) in [5.74, 6) is -0.829. The van der Waals surface area contributed by atoms with Crippen LogP contribution in [0.1, 0.15) is 41.4 Å². The molecule has 1 N–H and O–H groups in total. The molecule has 0 radical (unpaired) electrons.